The van der Waals surface area contributed by atoms with Gasteiger partial charge in [0, 0.05) is 36.3 Å². The molecule has 9 nitrogen and oxygen atoms in total. The van der Waals surface area contributed by atoms with Gasteiger partial charge in [0.05, 0.1) is 34.1 Å². The molecule has 1 aliphatic rings. The average molecular weight is 561 g/mol. The second kappa shape index (κ2) is 11.7. The van der Waals surface area contributed by atoms with Gasteiger partial charge in [0.15, 0.2) is 9.84 Å². The Hall–Kier alpha value is -3.89. The number of rotatable bonds is 9. The van der Waals surface area contributed by atoms with Crippen LogP contribution < -0.4 is 25.6 Å². The van der Waals surface area contributed by atoms with E-state index in [2.05, 4.69) is 26.9 Å². The molecule has 3 aromatic carbocycles. The topological polar surface area (TPSA) is 108 Å². The van der Waals surface area contributed by atoms with Crippen LogP contribution in [0, 0.1) is 0 Å². The van der Waals surface area contributed by atoms with Crippen molar-refractivity contribution in [3.63, 3.8) is 0 Å². The summed E-state index contributed by atoms with van der Waals surface area (Å²) in [5.74, 6) is 1.56. The lowest BCUT2D eigenvalue weighted by Crippen LogP contribution is -2.41. The number of piperidine rings is 1. The molecule has 1 aliphatic heterocycles. The number of nitrogens with one attached hydrogen (secondary N) is 3. The summed E-state index contributed by atoms with van der Waals surface area (Å²) in [7, 11) is 0.158. The number of ether oxygens (including phenoxy) is 1. The second-order valence-electron chi connectivity index (χ2n) is 10.2. The Kier molecular flexibility index (Phi) is 8.09. The van der Waals surface area contributed by atoms with Gasteiger partial charge in [-0.15, -0.1) is 0 Å². The van der Waals surface area contributed by atoms with Gasteiger partial charge in [-0.05, 0) is 70.1 Å². The zero-order chi connectivity index (χ0) is 28.3. The van der Waals surface area contributed by atoms with Gasteiger partial charge in [0.1, 0.15) is 11.6 Å². The fourth-order valence-corrected chi connectivity index (χ4v) is 6.16. The highest BCUT2D eigenvalue weighted by Gasteiger charge is 2.23. The van der Waals surface area contributed by atoms with Crippen LogP contribution in [0.3, 0.4) is 0 Å². The summed E-state index contributed by atoms with van der Waals surface area (Å²) in [5.41, 5.74) is 3.03. The molecule has 0 unspecified atom stereocenters. The third-order valence-corrected chi connectivity index (χ3v) is 9.58. The van der Waals surface area contributed by atoms with E-state index in [-0.39, 0.29) is 4.90 Å². The van der Waals surface area contributed by atoms with Crippen molar-refractivity contribution in [3.8, 4) is 5.75 Å². The number of nitrogens with zero attached hydrogens (tertiary/aromatic N) is 3. The van der Waals surface area contributed by atoms with Crippen molar-refractivity contribution >= 4 is 49.6 Å². The Bertz CT molecular complexity index is 1600. The number of hydrogen-bond acceptors (Lipinski definition) is 9. The molecule has 0 spiro atoms. The fourth-order valence-electron chi connectivity index (χ4n) is 4.95. The molecule has 4 aromatic rings. The molecule has 0 bridgehead atoms. The normalized spacial score (nSPS) is 14.5. The molecule has 0 aliphatic carbocycles. The largest absolute Gasteiger partial charge is 0.494 e. The lowest BCUT2D eigenvalue weighted by atomic mass is 10.0. The third kappa shape index (κ3) is 5.68. The number of para-hydroxylation sites is 2. The highest BCUT2D eigenvalue weighted by atomic mass is 32.2. The minimum absolute atomic E-state index is 0.234. The summed E-state index contributed by atoms with van der Waals surface area (Å²) in [6.45, 7) is 5.32. The van der Waals surface area contributed by atoms with Crippen LogP contribution >= 0.6 is 0 Å². The van der Waals surface area contributed by atoms with Gasteiger partial charge in [-0.25, -0.2) is 13.4 Å². The third-order valence-electron chi connectivity index (χ3n) is 7.37. The van der Waals surface area contributed by atoms with Crippen LogP contribution in [-0.2, 0) is 9.84 Å². The smallest absolute Gasteiger partial charge is 0.229 e. The molecule has 0 amide bonds. The maximum absolute atomic E-state index is 13.1. The minimum Gasteiger partial charge on any atom is -0.494 e. The number of hydrogen-bond donors (Lipinski definition) is 3. The van der Waals surface area contributed by atoms with Crippen molar-refractivity contribution in [1.82, 2.24) is 15.3 Å². The lowest BCUT2D eigenvalue weighted by Gasteiger charge is -2.33. The quantitative estimate of drug-likeness (QED) is 0.245. The van der Waals surface area contributed by atoms with E-state index >= 15 is 0 Å². The van der Waals surface area contributed by atoms with Gasteiger partial charge in [-0.3, -0.25) is 0 Å². The molecule has 5 rings (SSSR count). The summed E-state index contributed by atoms with van der Waals surface area (Å²) in [5, 5.41) is 10.2. The summed E-state index contributed by atoms with van der Waals surface area (Å²) < 4.78 is 31.8. The minimum atomic E-state index is -3.51. The standard InChI is InChI=1S/C30H36N6O3S/c1-20(2)40(37,38)28-12-8-7-11-26(28)32-29-23-9-5-6-10-24(23)33-30(35-29)34-25-14-13-22(19-27(25)39-4)36-17-15-21(31-3)16-18-36/h5-14,19-21,31H,15-18H2,1-4H3,(H2,32,33,34,35). The van der Waals surface area contributed by atoms with E-state index in [0.29, 0.717) is 29.2 Å². The molecule has 0 radical (unpaired) electrons. The van der Waals surface area contributed by atoms with Crippen LogP contribution in [0.1, 0.15) is 26.7 Å². The Morgan fingerprint density at radius 2 is 1.65 bits per heavy atom. The molecular formula is C30H36N6O3S. The first-order chi connectivity index (χ1) is 19.3. The first-order valence-electron chi connectivity index (χ1n) is 13.5. The van der Waals surface area contributed by atoms with Crippen molar-refractivity contribution < 1.29 is 13.2 Å². The second-order valence-corrected chi connectivity index (χ2v) is 12.7. The lowest BCUT2D eigenvalue weighted by molar-refractivity contribution is 0.415. The highest BCUT2D eigenvalue weighted by Crippen LogP contribution is 2.35. The van der Waals surface area contributed by atoms with Crippen molar-refractivity contribution in [2.45, 2.75) is 42.9 Å². The van der Waals surface area contributed by atoms with Crippen LogP contribution in [0.15, 0.2) is 71.6 Å². The van der Waals surface area contributed by atoms with Gasteiger partial charge in [0.25, 0.3) is 0 Å². The maximum atomic E-state index is 13.1. The van der Waals surface area contributed by atoms with Crippen molar-refractivity contribution in [2.24, 2.45) is 0 Å². The maximum Gasteiger partial charge on any atom is 0.229 e. The van der Waals surface area contributed by atoms with E-state index in [4.69, 9.17) is 14.7 Å². The molecular weight excluding hydrogens is 524 g/mol. The Morgan fingerprint density at radius 3 is 2.38 bits per heavy atom. The number of anilines is 5. The zero-order valence-electron chi connectivity index (χ0n) is 23.3. The highest BCUT2D eigenvalue weighted by molar-refractivity contribution is 7.92. The summed E-state index contributed by atoms with van der Waals surface area (Å²) in [6.07, 6.45) is 2.20. The van der Waals surface area contributed by atoms with Gasteiger partial charge < -0.3 is 25.6 Å². The molecule has 10 heteroatoms. The van der Waals surface area contributed by atoms with Crippen molar-refractivity contribution in [1.29, 1.82) is 0 Å². The summed E-state index contributed by atoms with van der Waals surface area (Å²) >= 11 is 0. The van der Waals surface area contributed by atoms with Crippen LogP contribution in [0.25, 0.3) is 10.9 Å². The first kappa shape index (κ1) is 27.7. The summed E-state index contributed by atoms with van der Waals surface area (Å²) in [6, 6.07) is 21.2. The predicted molar refractivity (Wildman–Crippen MR) is 162 cm³/mol. The van der Waals surface area contributed by atoms with E-state index in [9.17, 15) is 8.42 Å². The van der Waals surface area contributed by atoms with Crippen LogP contribution in [-0.4, -0.2) is 56.9 Å². The Balaban J connectivity index is 1.47. The number of fused-ring (bicyclic) bond motifs is 1. The molecule has 1 saturated heterocycles. The molecule has 0 saturated carbocycles. The number of methoxy groups -OCH3 is 1. The van der Waals surface area contributed by atoms with Gasteiger partial charge in [-0.2, -0.15) is 4.98 Å². The number of sulfone groups is 1. The van der Waals surface area contributed by atoms with Gasteiger partial charge in [-0.1, -0.05) is 24.3 Å². The number of benzene rings is 3. The molecule has 0 atom stereocenters. The van der Waals surface area contributed by atoms with Crippen LogP contribution in [0.5, 0.6) is 5.75 Å². The number of aromatic nitrogens is 2. The van der Waals surface area contributed by atoms with E-state index in [1.807, 2.05) is 43.4 Å². The molecule has 3 N–H and O–H groups in total. The molecule has 1 aromatic heterocycles. The molecule has 2 heterocycles. The van der Waals surface area contributed by atoms with E-state index in [0.717, 1.165) is 48.2 Å². The van der Waals surface area contributed by atoms with Crippen LogP contribution in [0.2, 0.25) is 0 Å². The fraction of sp³-hybridized carbons (Fsp3) is 0.333. The van der Waals surface area contributed by atoms with E-state index in [1.165, 1.54) is 0 Å². The molecule has 1 fully saturated rings. The predicted octanol–water partition coefficient (Wildman–Crippen LogP) is 5.50. The summed E-state index contributed by atoms with van der Waals surface area (Å²) in [4.78, 5) is 12.1. The van der Waals surface area contributed by atoms with Crippen LogP contribution in [0.4, 0.5) is 28.8 Å². The van der Waals surface area contributed by atoms with Gasteiger partial charge in [0.2, 0.25) is 5.95 Å². The SMILES string of the molecule is CNC1CCN(c2ccc(Nc3nc(Nc4ccccc4S(=O)(=O)C(C)C)c4ccccc4n3)c(OC)c2)CC1. The van der Waals surface area contributed by atoms with Crippen molar-refractivity contribution in [3.05, 3.63) is 66.7 Å². The monoisotopic (exact) mass is 560 g/mol. The molecule has 40 heavy (non-hydrogen) atoms. The first-order valence-corrected chi connectivity index (χ1v) is 15.1. The van der Waals surface area contributed by atoms with Gasteiger partial charge >= 0.3 is 0 Å². The Morgan fingerprint density at radius 1 is 0.925 bits per heavy atom. The van der Waals surface area contributed by atoms with E-state index in [1.54, 1.807) is 45.2 Å². The molecule has 210 valence electrons. The van der Waals surface area contributed by atoms with E-state index < -0.39 is 15.1 Å². The van der Waals surface area contributed by atoms with Crippen molar-refractivity contribution in [2.75, 3.05) is 42.8 Å². The zero-order valence-corrected chi connectivity index (χ0v) is 24.1. The Labute approximate surface area is 235 Å². The average Bonchev–Trinajstić information content (AvgIpc) is 2.97.